The highest BCUT2D eigenvalue weighted by molar-refractivity contribution is 6.42. The summed E-state index contributed by atoms with van der Waals surface area (Å²) in [6.45, 7) is 3.87. The maximum Gasteiger partial charge on any atom is 0.207 e. The third-order valence-corrected chi connectivity index (χ3v) is 3.46. The number of benzene rings is 1. The first kappa shape index (κ1) is 11.8. The molecular weight excluding hydrogens is 266 g/mol. The Kier molecular flexibility index (Phi) is 3.15. The number of aryl methyl sites for hydroxylation is 1. The van der Waals surface area contributed by atoms with Gasteiger partial charge in [0.15, 0.2) is 0 Å². The Hall–Kier alpha value is -0.700. The molecule has 2 rings (SSSR count). The van der Waals surface area contributed by atoms with Gasteiger partial charge >= 0.3 is 0 Å². The summed E-state index contributed by atoms with van der Waals surface area (Å²) in [6.07, 6.45) is 0. The second-order valence-corrected chi connectivity index (χ2v) is 4.64. The molecule has 0 fully saturated rings. The molecule has 84 valence electrons. The summed E-state index contributed by atoms with van der Waals surface area (Å²) >= 11 is 17.9. The zero-order valence-electron chi connectivity index (χ0n) is 8.76. The van der Waals surface area contributed by atoms with Crippen molar-refractivity contribution in [3.63, 3.8) is 0 Å². The molecule has 5 heteroatoms. The van der Waals surface area contributed by atoms with E-state index in [4.69, 9.17) is 34.8 Å². The van der Waals surface area contributed by atoms with E-state index in [0.29, 0.717) is 15.3 Å². The van der Waals surface area contributed by atoms with Gasteiger partial charge in [-0.3, -0.25) is 4.57 Å². The average molecular weight is 276 g/mol. The molecule has 0 spiro atoms. The molecule has 0 saturated heterocycles. The van der Waals surface area contributed by atoms with E-state index in [2.05, 4.69) is 4.98 Å². The first-order valence-corrected chi connectivity index (χ1v) is 5.81. The first-order chi connectivity index (χ1) is 7.50. The maximum absolute atomic E-state index is 6.05. The number of aromatic nitrogens is 2. The van der Waals surface area contributed by atoms with Gasteiger partial charge in [-0.15, -0.1) is 0 Å². The van der Waals surface area contributed by atoms with Crippen LogP contribution in [0.3, 0.4) is 0 Å². The molecule has 2 nitrogen and oxygen atoms in total. The van der Waals surface area contributed by atoms with Crippen LogP contribution in [0.2, 0.25) is 15.3 Å². The van der Waals surface area contributed by atoms with Gasteiger partial charge in [0, 0.05) is 11.4 Å². The first-order valence-electron chi connectivity index (χ1n) is 4.67. The summed E-state index contributed by atoms with van der Waals surface area (Å²) in [5.74, 6) is 0. The molecule has 1 aromatic heterocycles. The van der Waals surface area contributed by atoms with Crippen molar-refractivity contribution in [2.24, 2.45) is 0 Å². The highest BCUT2D eigenvalue weighted by Crippen LogP contribution is 2.27. The van der Waals surface area contributed by atoms with Gasteiger partial charge in [-0.25, -0.2) is 4.98 Å². The van der Waals surface area contributed by atoms with E-state index >= 15 is 0 Å². The third kappa shape index (κ3) is 1.93. The SMILES string of the molecule is Cc1nc(Cl)n(-c2ccc(Cl)c(Cl)c2)c1C. The number of hydrogen-bond acceptors (Lipinski definition) is 1. The number of halogens is 3. The van der Waals surface area contributed by atoms with Gasteiger partial charge in [0.2, 0.25) is 5.28 Å². The lowest BCUT2D eigenvalue weighted by Gasteiger charge is -2.07. The summed E-state index contributed by atoms with van der Waals surface area (Å²) in [5, 5.41) is 1.45. The molecule has 16 heavy (non-hydrogen) atoms. The largest absolute Gasteiger partial charge is 0.288 e. The lowest BCUT2D eigenvalue weighted by Crippen LogP contribution is -1.97. The van der Waals surface area contributed by atoms with Crippen LogP contribution in [0, 0.1) is 13.8 Å². The molecule has 1 aromatic carbocycles. The maximum atomic E-state index is 6.05. The molecule has 0 N–H and O–H groups in total. The van der Waals surface area contributed by atoms with Crippen molar-refractivity contribution in [1.82, 2.24) is 9.55 Å². The average Bonchev–Trinajstić information content (AvgIpc) is 2.47. The Labute approximate surface area is 109 Å². The predicted molar refractivity (Wildman–Crippen MR) is 68.1 cm³/mol. The van der Waals surface area contributed by atoms with Crippen molar-refractivity contribution in [1.29, 1.82) is 0 Å². The standard InChI is InChI=1S/C11H9Cl3N2/c1-6-7(2)16(11(14)15-6)8-3-4-9(12)10(13)5-8/h3-5H,1-2H3. The van der Waals surface area contributed by atoms with Gasteiger partial charge in [-0.1, -0.05) is 23.2 Å². The molecule has 0 aliphatic rings. The molecule has 0 aliphatic carbocycles. The Balaban J connectivity index is 2.63. The smallest absolute Gasteiger partial charge is 0.207 e. The van der Waals surface area contributed by atoms with Gasteiger partial charge in [0.25, 0.3) is 0 Å². The van der Waals surface area contributed by atoms with E-state index < -0.39 is 0 Å². The van der Waals surface area contributed by atoms with E-state index in [-0.39, 0.29) is 0 Å². The zero-order valence-corrected chi connectivity index (χ0v) is 11.0. The fourth-order valence-corrected chi connectivity index (χ4v) is 2.14. The van der Waals surface area contributed by atoms with Crippen molar-refractivity contribution in [3.8, 4) is 5.69 Å². The second kappa shape index (κ2) is 4.28. The normalized spacial score (nSPS) is 10.8. The summed E-state index contributed by atoms with van der Waals surface area (Å²) in [6, 6.07) is 5.36. The number of nitrogens with zero attached hydrogens (tertiary/aromatic N) is 2. The van der Waals surface area contributed by atoms with E-state index in [0.717, 1.165) is 17.1 Å². The van der Waals surface area contributed by atoms with Crippen molar-refractivity contribution in [2.45, 2.75) is 13.8 Å². The minimum absolute atomic E-state index is 0.424. The van der Waals surface area contributed by atoms with Gasteiger partial charge in [-0.05, 0) is 43.6 Å². The molecule has 0 amide bonds. The summed E-state index contributed by atoms with van der Waals surface area (Å²) in [7, 11) is 0. The third-order valence-electron chi connectivity index (χ3n) is 2.46. The minimum atomic E-state index is 0.424. The lowest BCUT2D eigenvalue weighted by atomic mass is 10.3. The van der Waals surface area contributed by atoms with Gasteiger partial charge in [-0.2, -0.15) is 0 Å². The molecule has 0 saturated carbocycles. The van der Waals surface area contributed by atoms with Crippen LogP contribution in [0.25, 0.3) is 5.69 Å². The molecule has 0 radical (unpaired) electrons. The molecule has 0 aliphatic heterocycles. The Morgan fingerprint density at radius 1 is 1.06 bits per heavy atom. The topological polar surface area (TPSA) is 17.8 Å². The Morgan fingerprint density at radius 2 is 1.75 bits per heavy atom. The van der Waals surface area contributed by atoms with Gasteiger partial charge in [0.1, 0.15) is 0 Å². The second-order valence-electron chi connectivity index (χ2n) is 3.49. The van der Waals surface area contributed by atoms with E-state index in [1.54, 1.807) is 12.1 Å². The van der Waals surface area contributed by atoms with Crippen LogP contribution in [-0.2, 0) is 0 Å². The minimum Gasteiger partial charge on any atom is -0.288 e. The van der Waals surface area contributed by atoms with Crippen molar-refractivity contribution in [3.05, 3.63) is 44.9 Å². The highest BCUT2D eigenvalue weighted by Gasteiger charge is 2.11. The van der Waals surface area contributed by atoms with Crippen LogP contribution >= 0.6 is 34.8 Å². The molecule has 2 aromatic rings. The molecular formula is C11H9Cl3N2. The molecule has 0 unspecified atom stereocenters. The fourth-order valence-electron chi connectivity index (χ4n) is 1.49. The summed E-state index contributed by atoms with van der Waals surface area (Å²) in [4.78, 5) is 4.19. The van der Waals surface area contributed by atoms with Crippen LogP contribution in [-0.4, -0.2) is 9.55 Å². The van der Waals surface area contributed by atoms with Crippen LogP contribution < -0.4 is 0 Å². The Bertz CT molecular complexity index is 546. The highest BCUT2D eigenvalue weighted by atomic mass is 35.5. The predicted octanol–water partition coefficient (Wildman–Crippen LogP) is 4.45. The quantitative estimate of drug-likeness (QED) is 0.752. The van der Waals surface area contributed by atoms with Crippen molar-refractivity contribution >= 4 is 34.8 Å². The number of rotatable bonds is 1. The van der Waals surface area contributed by atoms with E-state index in [1.807, 2.05) is 24.5 Å². The van der Waals surface area contributed by atoms with Crippen molar-refractivity contribution < 1.29 is 0 Å². The summed E-state index contributed by atoms with van der Waals surface area (Å²) in [5.41, 5.74) is 2.75. The summed E-state index contributed by atoms with van der Waals surface area (Å²) < 4.78 is 1.83. The molecule has 0 atom stereocenters. The fraction of sp³-hybridized carbons (Fsp3) is 0.182. The van der Waals surface area contributed by atoms with Gasteiger partial charge < -0.3 is 0 Å². The monoisotopic (exact) mass is 274 g/mol. The van der Waals surface area contributed by atoms with E-state index in [1.165, 1.54) is 0 Å². The van der Waals surface area contributed by atoms with Crippen LogP contribution in [0.1, 0.15) is 11.4 Å². The van der Waals surface area contributed by atoms with Crippen molar-refractivity contribution in [2.75, 3.05) is 0 Å². The van der Waals surface area contributed by atoms with E-state index in [9.17, 15) is 0 Å². The van der Waals surface area contributed by atoms with Crippen LogP contribution in [0.4, 0.5) is 0 Å². The Morgan fingerprint density at radius 3 is 2.25 bits per heavy atom. The zero-order chi connectivity index (χ0) is 11.9. The number of imidazole rings is 1. The molecule has 0 bridgehead atoms. The molecule has 1 heterocycles. The number of hydrogen-bond donors (Lipinski definition) is 0. The van der Waals surface area contributed by atoms with Gasteiger partial charge in [0.05, 0.1) is 15.7 Å². The lowest BCUT2D eigenvalue weighted by molar-refractivity contribution is 1.00. The van der Waals surface area contributed by atoms with Crippen LogP contribution in [0.5, 0.6) is 0 Å². The van der Waals surface area contributed by atoms with Crippen LogP contribution in [0.15, 0.2) is 18.2 Å².